The van der Waals surface area contributed by atoms with Crippen LogP contribution in [-0.2, 0) is 0 Å². The Bertz CT molecular complexity index is 193. The molecule has 0 spiro atoms. The van der Waals surface area contributed by atoms with Gasteiger partial charge >= 0.3 is 0 Å². The zero-order valence-electron chi connectivity index (χ0n) is 5.88. The highest BCUT2D eigenvalue weighted by Gasteiger charge is 2.02. The predicted molar refractivity (Wildman–Crippen MR) is 35.6 cm³/mol. The molecule has 1 heterocycles. The van der Waals surface area contributed by atoms with E-state index in [1.807, 2.05) is 25.9 Å². The third-order valence-electron chi connectivity index (χ3n) is 1.13. The van der Waals surface area contributed by atoms with E-state index in [-0.39, 0.29) is 0 Å². The summed E-state index contributed by atoms with van der Waals surface area (Å²) in [6.45, 7) is 1.96. The molecule has 0 aliphatic heterocycles. The van der Waals surface area contributed by atoms with Gasteiger partial charge < -0.3 is 9.42 Å². The summed E-state index contributed by atoms with van der Waals surface area (Å²) in [4.78, 5) is 1.89. The topological polar surface area (TPSA) is 29.3 Å². The van der Waals surface area contributed by atoms with E-state index in [1.165, 1.54) is 0 Å². The van der Waals surface area contributed by atoms with E-state index in [0.717, 1.165) is 11.4 Å². The van der Waals surface area contributed by atoms with Crippen molar-refractivity contribution in [2.24, 2.45) is 0 Å². The van der Waals surface area contributed by atoms with Crippen LogP contribution in [0.15, 0.2) is 10.7 Å². The molecule has 0 aliphatic rings. The van der Waals surface area contributed by atoms with Crippen LogP contribution in [0.4, 0.5) is 5.88 Å². The molecular formula is C6H10N2O. The molecule has 0 unspecified atom stereocenters. The number of hydrogen-bond acceptors (Lipinski definition) is 3. The van der Waals surface area contributed by atoms with E-state index >= 15 is 0 Å². The molecule has 1 aromatic heterocycles. The zero-order valence-corrected chi connectivity index (χ0v) is 5.88. The van der Waals surface area contributed by atoms with Crippen molar-refractivity contribution in [1.29, 1.82) is 0 Å². The Morgan fingerprint density at radius 3 is 2.44 bits per heavy atom. The van der Waals surface area contributed by atoms with Gasteiger partial charge in [-0.1, -0.05) is 5.16 Å². The molecule has 9 heavy (non-hydrogen) atoms. The fraction of sp³-hybridized carbons (Fsp3) is 0.500. The van der Waals surface area contributed by atoms with E-state index in [9.17, 15) is 0 Å². The maximum atomic E-state index is 4.90. The quantitative estimate of drug-likeness (QED) is 0.563. The second-order valence-electron chi connectivity index (χ2n) is 2.21. The van der Waals surface area contributed by atoms with Gasteiger partial charge in [0.05, 0.1) is 6.20 Å². The summed E-state index contributed by atoms with van der Waals surface area (Å²) in [7, 11) is 3.85. The molecule has 1 aromatic rings. The van der Waals surface area contributed by atoms with Crippen LogP contribution in [-0.4, -0.2) is 19.3 Å². The minimum atomic E-state index is 0.829. The van der Waals surface area contributed by atoms with Crippen LogP contribution in [0.3, 0.4) is 0 Å². The van der Waals surface area contributed by atoms with Gasteiger partial charge in [-0.05, 0) is 6.92 Å². The second-order valence-corrected chi connectivity index (χ2v) is 2.21. The van der Waals surface area contributed by atoms with E-state index in [4.69, 9.17) is 4.52 Å². The summed E-state index contributed by atoms with van der Waals surface area (Å²) in [5.74, 6) is 0.829. The van der Waals surface area contributed by atoms with E-state index in [1.54, 1.807) is 6.20 Å². The Morgan fingerprint density at radius 1 is 1.56 bits per heavy atom. The highest BCUT2D eigenvalue weighted by molar-refractivity contribution is 5.39. The molecule has 1 rings (SSSR count). The second kappa shape index (κ2) is 2.09. The van der Waals surface area contributed by atoms with Gasteiger partial charge in [-0.25, -0.2) is 0 Å². The summed E-state index contributed by atoms with van der Waals surface area (Å²) >= 11 is 0. The van der Waals surface area contributed by atoms with Gasteiger partial charge in [-0.2, -0.15) is 0 Å². The third-order valence-corrected chi connectivity index (χ3v) is 1.13. The molecule has 0 amide bonds. The fourth-order valence-corrected chi connectivity index (χ4v) is 0.717. The lowest BCUT2D eigenvalue weighted by atomic mass is 10.4. The summed E-state index contributed by atoms with van der Waals surface area (Å²) in [5.41, 5.74) is 1.07. The van der Waals surface area contributed by atoms with Crippen LogP contribution in [0.25, 0.3) is 0 Å². The molecule has 0 atom stereocenters. The van der Waals surface area contributed by atoms with Gasteiger partial charge in [-0.3, -0.25) is 0 Å². The van der Waals surface area contributed by atoms with Crippen LogP contribution in [0, 0.1) is 6.92 Å². The Balaban J connectivity index is 2.94. The number of rotatable bonds is 1. The van der Waals surface area contributed by atoms with Crippen LogP contribution >= 0.6 is 0 Å². The lowest BCUT2D eigenvalue weighted by molar-refractivity contribution is 0.423. The molecule has 0 aromatic carbocycles. The summed E-state index contributed by atoms with van der Waals surface area (Å²) in [6, 6.07) is 0. The lowest BCUT2D eigenvalue weighted by Gasteiger charge is -2.06. The van der Waals surface area contributed by atoms with Crippen LogP contribution in [0.5, 0.6) is 0 Å². The normalized spacial score (nSPS) is 9.67. The first-order valence-corrected chi connectivity index (χ1v) is 2.80. The van der Waals surface area contributed by atoms with Crippen molar-refractivity contribution >= 4 is 5.88 Å². The molecule has 0 fully saturated rings. The van der Waals surface area contributed by atoms with Crippen LogP contribution in [0.1, 0.15) is 5.56 Å². The molecule has 50 valence electrons. The Labute approximate surface area is 54.3 Å². The van der Waals surface area contributed by atoms with Gasteiger partial charge in [0.2, 0.25) is 5.88 Å². The van der Waals surface area contributed by atoms with Crippen LogP contribution < -0.4 is 4.90 Å². The van der Waals surface area contributed by atoms with Gasteiger partial charge in [0.25, 0.3) is 0 Å². The minimum Gasteiger partial charge on any atom is -0.347 e. The number of nitrogens with zero attached hydrogens (tertiary/aromatic N) is 2. The Morgan fingerprint density at radius 2 is 2.22 bits per heavy atom. The van der Waals surface area contributed by atoms with Gasteiger partial charge in [0, 0.05) is 19.7 Å². The van der Waals surface area contributed by atoms with Gasteiger partial charge in [-0.15, -0.1) is 0 Å². The molecule has 0 N–H and O–H groups in total. The highest BCUT2D eigenvalue weighted by atomic mass is 16.5. The summed E-state index contributed by atoms with van der Waals surface area (Å²) in [5, 5.41) is 3.63. The van der Waals surface area contributed by atoms with E-state index in [0.29, 0.717) is 0 Å². The summed E-state index contributed by atoms with van der Waals surface area (Å²) < 4.78 is 4.90. The fourth-order valence-electron chi connectivity index (χ4n) is 0.717. The van der Waals surface area contributed by atoms with Crippen LogP contribution in [0.2, 0.25) is 0 Å². The molecule has 0 aliphatic carbocycles. The average molecular weight is 126 g/mol. The number of hydrogen-bond donors (Lipinski definition) is 0. The molecule has 0 saturated carbocycles. The van der Waals surface area contributed by atoms with Gasteiger partial charge in [0.15, 0.2) is 0 Å². The standard InChI is InChI=1S/C6H10N2O/c1-5-4-7-9-6(5)8(2)3/h4H,1-3H3. The number of aromatic nitrogens is 1. The zero-order chi connectivity index (χ0) is 6.85. The Hall–Kier alpha value is -0.990. The van der Waals surface area contributed by atoms with Crippen molar-refractivity contribution < 1.29 is 4.52 Å². The first-order valence-electron chi connectivity index (χ1n) is 2.80. The molecule has 3 heteroatoms. The Kier molecular flexibility index (Phi) is 1.42. The van der Waals surface area contributed by atoms with E-state index in [2.05, 4.69) is 5.16 Å². The predicted octanol–water partition coefficient (Wildman–Crippen LogP) is 1.05. The smallest absolute Gasteiger partial charge is 0.229 e. The van der Waals surface area contributed by atoms with Crippen molar-refractivity contribution in [3.05, 3.63) is 11.8 Å². The maximum Gasteiger partial charge on any atom is 0.229 e. The third kappa shape index (κ3) is 1.04. The largest absolute Gasteiger partial charge is 0.347 e. The van der Waals surface area contributed by atoms with E-state index < -0.39 is 0 Å². The molecule has 0 bridgehead atoms. The molecule has 0 radical (unpaired) electrons. The average Bonchev–Trinajstić information content (AvgIpc) is 2.13. The SMILES string of the molecule is Cc1cnoc1N(C)C. The molecular weight excluding hydrogens is 116 g/mol. The van der Waals surface area contributed by atoms with Crippen molar-refractivity contribution in [1.82, 2.24) is 5.16 Å². The summed E-state index contributed by atoms with van der Waals surface area (Å²) in [6.07, 6.45) is 1.70. The molecule has 0 saturated heterocycles. The molecule has 3 nitrogen and oxygen atoms in total. The van der Waals surface area contributed by atoms with Crippen molar-refractivity contribution in [2.45, 2.75) is 6.92 Å². The van der Waals surface area contributed by atoms with Crippen molar-refractivity contribution in [2.75, 3.05) is 19.0 Å². The van der Waals surface area contributed by atoms with Gasteiger partial charge in [0.1, 0.15) is 0 Å². The number of anilines is 1. The van der Waals surface area contributed by atoms with Crippen molar-refractivity contribution in [3.8, 4) is 0 Å². The maximum absolute atomic E-state index is 4.90. The highest BCUT2D eigenvalue weighted by Crippen LogP contribution is 2.14. The minimum absolute atomic E-state index is 0.829. The first kappa shape index (κ1) is 6.13. The first-order chi connectivity index (χ1) is 4.22. The lowest BCUT2D eigenvalue weighted by Crippen LogP contribution is -2.08. The monoisotopic (exact) mass is 126 g/mol. The van der Waals surface area contributed by atoms with Crippen molar-refractivity contribution in [3.63, 3.8) is 0 Å². The number of aryl methyl sites for hydroxylation is 1.